The number of halogens is 2. The van der Waals surface area contributed by atoms with Gasteiger partial charge < -0.3 is 10.2 Å². The number of nitrogens with one attached hydrogen (secondary N) is 1. The molecule has 0 unspecified atom stereocenters. The summed E-state index contributed by atoms with van der Waals surface area (Å²) in [5.74, 6) is 0. The second-order valence-electron chi connectivity index (χ2n) is 4.80. The van der Waals surface area contributed by atoms with Crippen LogP contribution >= 0.6 is 23.2 Å². The Morgan fingerprint density at radius 2 is 1.88 bits per heavy atom. The van der Waals surface area contributed by atoms with E-state index in [4.69, 9.17) is 23.2 Å². The van der Waals surface area contributed by atoms with Crippen LogP contribution in [0.15, 0.2) is 18.2 Å². The van der Waals surface area contributed by atoms with Gasteiger partial charge in [0.25, 0.3) is 0 Å². The Bertz CT molecular complexity index is 370. The minimum atomic E-state index is 0.0980. The van der Waals surface area contributed by atoms with Crippen LogP contribution in [-0.4, -0.2) is 25.2 Å². The van der Waals surface area contributed by atoms with Crippen molar-refractivity contribution in [2.24, 2.45) is 0 Å². The van der Waals surface area contributed by atoms with Crippen LogP contribution in [-0.2, 0) is 0 Å². The van der Waals surface area contributed by atoms with Crippen molar-refractivity contribution in [3.63, 3.8) is 0 Å². The second kappa shape index (κ2) is 4.44. The van der Waals surface area contributed by atoms with Gasteiger partial charge in [0.15, 0.2) is 0 Å². The maximum absolute atomic E-state index is 6.21. The van der Waals surface area contributed by atoms with Crippen molar-refractivity contribution in [3.05, 3.63) is 28.2 Å². The Morgan fingerprint density at radius 3 is 2.44 bits per heavy atom. The Labute approximate surface area is 107 Å². The van der Waals surface area contributed by atoms with E-state index in [9.17, 15) is 0 Å². The summed E-state index contributed by atoms with van der Waals surface area (Å²) < 4.78 is 0. The summed E-state index contributed by atoms with van der Waals surface area (Å²) in [7, 11) is 0. The van der Waals surface area contributed by atoms with Crippen LogP contribution < -0.4 is 10.2 Å². The summed E-state index contributed by atoms with van der Waals surface area (Å²) in [6.07, 6.45) is 0. The van der Waals surface area contributed by atoms with Gasteiger partial charge in [0.2, 0.25) is 0 Å². The first-order valence-electron chi connectivity index (χ1n) is 5.44. The highest BCUT2D eigenvalue weighted by molar-refractivity contribution is 6.39. The number of hydrogen-bond acceptors (Lipinski definition) is 2. The number of para-hydroxylation sites is 1. The monoisotopic (exact) mass is 258 g/mol. The quantitative estimate of drug-likeness (QED) is 0.833. The topological polar surface area (TPSA) is 15.3 Å². The third-order valence-electron chi connectivity index (χ3n) is 2.83. The summed E-state index contributed by atoms with van der Waals surface area (Å²) in [6.45, 7) is 7.17. The lowest BCUT2D eigenvalue weighted by Crippen LogP contribution is -2.57. The van der Waals surface area contributed by atoms with E-state index >= 15 is 0 Å². The molecule has 0 saturated carbocycles. The summed E-state index contributed by atoms with van der Waals surface area (Å²) in [5.41, 5.74) is 1.06. The number of anilines is 1. The van der Waals surface area contributed by atoms with E-state index in [1.807, 2.05) is 18.2 Å². The summed E-state index contributed by atoms with van der Waals surface area (Å²) in [6, 6.07) is 5.65. The van der Waals surface area contributed by atoms with Crippen molar-refractivity contribution in [2.45, 2.75) is 19.4 Å². The minimum Gasteiger partial charge on any atom is -0.366 e. The lowest BCUT2D eigenvalue weighted by Gasteiger charge is -2.41. The highest BCUT2D eigenvalue weighted by Crippen LogP contribution is 2.34. The molecule has 16 heavy (non-hydrogen) atoms. The van der Waals surface area contributed by atoms with Gasteiger partial charge in [0.05, 0.1) is 15.7 Å². The van der Waals surface area contributed by atoms with Crippen molar-refractivity contribution >= 4 is 28.9 Å². The van der Waals surface area contributed by atoms with Crippen LogP contribution in [0.1, 0.15) is 13.8 Å². The molecule has 1 aromatic rings. The fraction of sp³-hybridized carbons (Fsp3) is 0.500. The number of nitrogens with zero attached hydrogens (tertiary/aromatic N) is 1. The van der Waals surface area contributed by atoms with Crippen molar-refractivity contribution in [2.75, 3.05) is 24.5 Å². The molecule has 1 N–H and O–H groups in total. The van der Waals surface area contributed by atoms with Crippen LogP contribution in [0.5, 0.6) is 0 Å². The van der Waals surface area contributed by atoms with Gasteiger partial charge in [-0.1, -0.05) is 29.3 Å². The molecular formula is C12H16Cl2N2. The number of benzene rings is 1. The molecule has 0 spiro atoms. The van der Waals surface area contributed by atoms with Gasteiger partial charge in [-0.05, 0) is 26.0 Å². The first kappa shape index (κ1) is 12.0. The van der Waals surface area contributed by atoms with Gasteiger partial charge in [-0.2, -0.15) is 0 Å². The van der Waals surface area contributed by atoms with Crippen molar-refractivity contribution in [3.8, 4) is 0 Å². The summed E-state index contributed by atoms with van der Waals surface area (Å²) >= 11 is 12.4. The molecule has 0 aliphatic carbocycles. The molecule has 1 aromatic carbocycles. The smallest absolute Gasteiger partial charge is 0.0746 e. The molecule has 0 amide bonds. The van der Waals surface area contributed by atoms with Gasteiger partial charge in [-0.15, -0.1) is 0 Å². The predicted octanol–water partition coefficient (Wildman–Crippen LogP) is 3.18. The molecule has 1 aliphatic rings. The van der Waals surface area contributed by atoms with Crippen LogP contribution in [0.3, 0.4) is 0 Å². The zero-order valence-corrected chi connectivity index (χ0v) is 11.1. The van der Waals surface area contributed by atoms with Gasteiger partial charge >= 0.3 is 0 Å². The lowest BCUT2D eigenvalue weighted by molar-refractivity contribution is 0.353. The van der Waals surface area contributed by atoms with Crippen LogP contribution in [0.2, 0.25) is 10.0 Å². The Kier molecular flexibility index (Phi) is 3.34. The molecule has 0 aromatic heterocycles. The molecule has 2 rings (SSSR count). The van der Waals surface area contributed by atoms with Gasteiger partial charge in [-0.25, -0.2) is 0 Å². The zero-order valence-electron chi connectivity index (χ0n) is 9.56. The molecule has 1 aliphatic heterocycles. The highest BCUT2D eigenvalue weighted by atomic mass is 35.5. The molecular weight excluding hydrogens is 243 g/mol. The SMILES string of the molecule is CC1(C)CN(c2c(Cl)cccc2Cl)CCN1. The first-order chi connectivity index (χ1) is 7.49. The Morgan fingerprint density at radius 1 is 1.25 bits per heavy atom. The molecule has 0 bridgehead atoms. The molecule has 2 nitrogen and oxygen atoms in total. The van der Waals surface area contributed by atoms with E-state index in [0.717, 1.165) is 35.4 Å². The highest BCUT2D eigenvalue weighted by Gasteiger charge is 2.27. The van der Waals surface area contributed by atoms with Crippen LogP contribution in [0.25, 0.3) is 0 Å². The van der Waals surface area contributed by atoms with Crippen molar-refractivity contribution in [1.82, 2.24) is 5.32 Å². The average Bonchev–Trinajstić information content (AvgIpc) is 2.15. The van der Waals surface area contributed by atoms with Crippen LogP contribution in [0.4, 0.5) is 5.69 Å². The second-order valence-corrected chi connectivity index (χ2v) is 5.62. The maximum Gasteiger partial charge on any atom is 0.0746 e. The number of hydrogen-bond donors (Lipinski definition) is 1. The van der Waals surface area contributed by atoms with Gasteiger partial charge in [0, 0.05) is 25.2 Å². The summed E-state index contributed by atoms with van der Waals surface area (Å²) in [4.78, 5) is 2.25. The van der Waals surface area contributed by atoms with Crippen molar-refractivity contribution < 1.29 is 0 Å². The lowest BCUT2D eigenvalue weighted by atomic mass is 10.0. The Hall–Kier alpha value is -0.440. The third kappa shape index (κ3) is 2.45. The normalized spacial score (nSPS) is 19.9. The molecule has 1 fully saturated rings. The fourth-order valence-corrected chi connectivity index (χ4v) is 2.76. The van der Waals surface area contributed by atoms with Gasteiger partial charge in [-0.3, -0.25) is 0 Å². The molecule has 4 heteroatoms. The van der Waals surface area contributed by atoms with E-state index in [1.165, 1.54) is 0 Å². The average molecular weight is 259 g/mol. The van der Waals surface area contributed by atoms with E-state index in [0.29, 0.717) is 0 Å². The molecule has 88 valence electrons. The number of rotatable bonds is 1. The number of piperazine rings is 1. The fourth-order valence-electron chi connectivity index (χ4n) is 2.12. The molecule has 1 heterocycles. The van der Waals surface area contributed by atoms with E-state index in [-0.39, 0.29) is 5.54 Å². The Balaban J connectivity index is 2.30. The van der Waals surface area contributed by atoms with E-state index < -0.39 is 0 Å². The van der Waals surface area contributed by atoms with E-state index in [1.54, 1.807) is 0 Å². The van der Waals surface area contributed by atoms with Crippen molar-refractivity contribution in [1.29, 1.82) is 0 Å². The predicted molar refractivity (Wildman–Crippen MR) is 70.8 cm³/mol. The standard InChI is InChI=1S/C12H16Cl2N2/c1-12(2)8-16(7-6-15-12)11-9(13)4-3-5-10(11)14/h3-5,15H,6-8H2,1-2H3. The van der Waals surface area contributed by atoms with E-state index in [2.05, 4.69) is 24.1 Å². The van der Waals surface area contributed by atoms with Crippen LogP contribution in [0, 0.1) is 0 Å². The molecule has 0 radical (unpaired) electrons. The summed E-state index contributed by atoms with van der Waals surface area (Å²) in [5, 5.41) is 4.92. The zero-order chi connectivity index (χ0) is 11.8. The molecule has 1 saturated heterocycles. The third-order valence-corrected chi connectivity index (χ3v) is 3.44. The largest absolute Gasteiger partial charge is 0.366 e. The minimum absolute atomic E-state index is 0.0980. The maximum atomic E-state index is 6.21. The molecule has 0 atom stereocenters. The van der Waals surface area contributed by atoms with Gasteiger partial charge in [0.1, 0.15) is 0 Å². The first-order valence-corrected chi connectivity index (χ1v) is 6.19.